The van der Waals surface area contributed by atoms with Gasteiger partial charge in [-0.2, -0.15) is 5.10 Å². The summed E-state index contributed by atoms with van der Waals surface area (Å²) in [7, 11) is 0. The van der Waals surface area contributed by atoms with Crippen LogP contribution >= 0.6 is 0 Å². The summed E-state index contributed by atoms with van der Waals surface area (Å²) in [5.41, 5.74) is 0. The van der Waals surface area contributed by atoms with Crippen LogP contribution in [0.1, 0.15) is 26.2 Å². The second kappa shape index (κ2) is 4.78. The van der Waals surface area contributed by atoms with Crippen LogP contribution in [0.25, 0.3) is 0 Å². The predicted molar refractivity (Wildman–Crippen MR) is 67.8 cm³/mol. The van der Waals surface area contributed by atoms with E-state index in [1.54, 1.807) is 0 Å². The van der Waals surface area contributed by atoms with Crippen LogP contribution in [-0.2, 0) is 6.54 Å². The maximum atomic E-state index is 4.28. The number of likely N-dealkylation sites (tertiary alicyclic amines) is 1. The van der Waals surface area contributed by atoms with Crippen molar-refractivity contribution in [3.05, 3.63) is 18.5 Å². The molecule has 0 amide bonds. The quantitative estimate of drug-likeness (QED) is 0.828. The van der Waals surface area contributed by atoms with Gasteiger partial charge in [0.15, 0.2) is 0 Å². The highest BCUT2D eigenvalue weighted by Crippen LogP contribution is 2.22. The average molecular weight is 234 g/mol. The van der Waals surface area contributed by atoms with E-state index in [1.165, 1.54) is 32.4 Å². The van der Waals surface area contributed by atoms with Gasteiger partial charge in [-0.15, -0.1) is 0 Å². The Hall–Kier alpha value is -0.870. The van der Waals surface area contributed by atoms with Crippen molar-refractivity contribution < 1.29 is 0 Å². The predicted octanol–water partition coefficient (Wildman–Crippen LogP) is 1.10. The third-order valence-corrected chi connectivity index (χ3v) is 3.90. The molecule has 0 aromatic carbocycles. The molecule has 0 bridgehead atoms. The van der Waals surface area contributed by atoms with Gasteiger partial charge >= 0.3 is 0 Å². The summed E-state index contributed by atoms with van der Waals surface area (Å²) in [6, 6.07) is 4.14. The van der Waals surface area contributed by atoms with Crippen LogP contribution in [-0.4, -0.2) is 45.9 Å². The van der Waals surface area contributed by atoms with E-state index < -0.39 is 0 Å². The topological polar surface area (TPSA) is 33.1 Å². The zero-order valence-electron chi connectivity index (χ0n) is 10.5. The van der Waals surface area contributed by atoms with Gasteiger partial charge in [-0.3, -0.25) is 9.58 Å². The molecule has 1 aliphatic heterocycles. The van der Waals surface area contributed by atoms with Gasteiger partial charge in [-0.05, 0) is 32.3 Å². The molecule has 4 heteroatoms. The Kier molecular flexibility index (Phi) is 3.16. The first-order valence-corrected chi connectivity index (χ1v) is 6.79. The summed E-state index contributed by atoms with van der Waals surface area (Å²) in [5, 5.41) is 8.01. The number of nitrogens with one attached hydrogen (secondary N) is 1. The van der Waals surface area contributed by atoms with Gasteiger partial charge in [0.1, 0.15) is 0 Å². The maximum absolute atomic E-state index is 4.28. The smallest absolute Gasteiger partial charge is 0.0562 e. The molecule has 1 aromatic heterocycles. The third kappa shape index (κ3) is 2.87. The average Bonchev–Trinajstić information content (AvgIpc) is 2.81. The second-order valence-corrected chi connectivity index (χ2v) is 5.50. The standard InChI is InChI=1S/C13H22N4/c1-11(9-17-7-2-6-14-17)16-8-5-13(10-16)15-12-3-4-12/h2,6-7,11-13,15H,3-5,8-10H2,1H3. The van der Waals surface area contributed by atoms with Crippen molar-refractivity contribution >= 4 is 0 Å². The molecule has 1 N–H and O–H groups in total. The van der Waals surface area contributed by atoms with E-state index in [0.29, 0.717) is 6.04 Å². The summed E-state index contributed by atoms with van der Waals surface area (Å²) < 4.78 is 2.03. The molecular formula is C13H22N4. The van der Waals surface area contributed by atoms with Crippen LogP contribution in [0.3, 0.4) is 0 Å². The lowest BCUT2D eigenvalue weighted by Gasteiger charge is -2.24. The minimum atomic E-state index is 0.584. The van der Waals surface area contributed by atoms with Crippen molar-refractivity contribution in [3.63, 3.8) is 0 Å². The Labute approximate surface area is 103 Å². The first kappa shape index (κ1) is 11.2. The SMILES string of the molecule is CC(Cn1cccn1)N1CCC(NC2CC2)C1. The van der Waals surface area contributed by atoms with Crippen molar-refractivity contribution in [3.8, 4) is 0 Å². The van der Waals surface area contributed by atoms with Gasteiger partial charge in [0, 0.05) is 43.6 Å². The number of hydrogen-bond donors (Lipinski definition) is 1. The van der Waals surface area contributed by atoms with E-state index in [2.05, 4.69) is 22.2 Å². The molecule has 4 nitrogen and oxygen atoms in total. The van der Waals surface area contributed by atoms with Crippen LogP contribution in [0, 0.1) is 0 Å². The molecule has 0 radical (unpaired) electrons. The largest absolute Gasteiger partial charge is 0.310 e. The van der Waals surface area contributed by atoms with E-state index >= 15 is 0 Å². The minimum Gasteiger partial charge on any atom is -0.310 e. The first-order valence-electron chi connectivity index (χ1n) is 6.79. The highest BCUT2D eigenvalue weighted by atomic mass is 15.3. The van der Waals surface area contributed by atoms with E-state index in [4.69, 9.17) is 0 Å². The van der Waals surface area contributed by atoms with Gasteiger partial charge < -0.3 is 5.32 Å². The van der Waals surface area contributed by atoms with Crippen molar-refractivity contribution in [1.82, 2.24) is 20.0 Å². The second-order valence-electron chi connectivity index (χ2n) is 5.50. The first-order chi connectivity index (χ1) is 8.31. The molecule has 94 valence electrons. The van der Waals surface area contributed by atoms with Gasteiger partial charge in [0.2, 0.25) is 0 Å². The fourth-order valence-electron chi connectivity index (χ4n) is 2.70. The van der Waals surface area contributed by atoms with Gasteiger partial charge in [0.05, 0.1) is 6.54 Å². The van der Waals surface area contributed by atoms with Crippen molar-refractivity contribution in [2.75, 3.05) is 13.1 Å². The lowest BCUT2D eigenvalue weighted by molar-refractivity contribution is 0.224. The Bertz CT molecular complexity index is 344. The van der Waals surface area contributed by atoms with Crippen LogP contribution in [0.5, 0.6) is 0 Å². The van der Waals surface area contributed by atoms with Crippen LogP contribution in [0.4, 0.5) is 0 Å². The van der Waals surface area contributed by atoms with Crippen LogP contribution in [0.15, 0.2) is 18.5 Å². The number of nitrogens with zero attached hydrogens (tertiary/aromatic N) is 3. The summed E-state index contributed by atoms with van der Waals surface area (Å²) in [6.07, 6.45) is 7.99. The zero-order valence-corrected chi connectivity index (χ0v) is 10.5. The van der Waals surface area contributed by atoms with Gasteiger partial charge in [0.25, 0.3) is 0 Å². The molecule has 17 heavy (non-hydrogen) atoms. The molecule has 1 aromatic rings. The lowest BCUT2D eigenvalue weighted by atomic mass is 10.2. The maximum Gasteiger partial charge on any atom is 0.0562 e. The summed E-state index contributed by atoms with van der Waals surface area (Å²) >= 11 is 0. The fraction of sp³-hybridized carbons (Fsp3) is 0.769. The van der Waals surface area contributed by atoms with E-state index in [9.17, 15) is 0 Å². The third-order valence-electron chi connectivity index (χ3n) is 3.90. The zero-order chi connectivity index (χ0) is 11.7. The van der Waals surface area contributed by atoms with E-state index in [0.717, 1.165) is 18.6 Å². The summed E-state index contributed by atoms with van der Waals surface area (Å²) in [6.45, 7) is 5.75. The van der Waals surface area contributed by atoms with Crippen molar-refractivity contribution in [2.24, 2.45) is 0 Å². The lowest BCUT2D eigenvalue weighted by Crippen LogP contribution is -2.38. The molecular weight excluding hydrogens is 212 g/mol. The molecule has 2 unspecified atom stereocenters. The molecule has 0 spiro atoms. The molecule has 1 aliphatic carbocycles. The van der Waals surface area contributed by atoms with E-state index in [1.807, 2.05) is 23.1 Å². The van der Waals surface area contributed by atoms with Crippen molar-refractivity contribution in [2.45, 2.75) is 50.9 Å². The van der Waals surface area contributed by atoms with Gasteiger partial charge in [-0.25, -0.2) is 0 Å². The molecule has 1 saturated heterocycles. The Morgan fingerprint density at radius 1 is 1.35 bits per heavy atom. The minimum absolute atomic E-state index is 0.584. The summed E-state index contributed by atoms with van der Waals surface area (Å²) in [5.74, 6) is 0. The molecule has 2 fully saturated rings. The number of rotatable bonds is 5. The Morgan fingerprint density at radius 3 is 2.94 bits per heavy atom. The van der Waals surface area contributed by atoms with Crippen LogP contribution in [0.2, 0.25) is 0 Å². The highest BCUT2D eigenvalue weighted by molar-refractivity contribution is 4.91. The molecule has 2 heterocycles. The monoisotopic (exact) mass is 234 g/mol. The molecule has 1 saturated carbocycles. The molecule has 3 rings (SSSR count). The highest BCUT2D eigenvalue weighted by Gasteiger charge is 2.30. The molecule has 2 atom stereocenters. The normalized spacial score (nSPS) is 27.5. The van der Waals surface area contributed by atoms with E-state index in [-0.39, 0.29) is 0 Å². The Morgan fingerprint density at radius 2 is 2.24 bits per heavy atom. The van der Waals surface area contributed by atoms with Crippen LogP contribution < -0.4 is 5.32 Å². The Balaban J connectivity index is 1.47. The van der Waals surface area contributed by atoms with Gasteiger partial charge in [-0.1, -0.05) is 0 Å². The number of hydrogen-bond acceptors (Lipinski definition) is 3. The number of aromatic nitrogens is 2. The van der Waals surface area contributed by atoms with Crippen molar-refractivity contribution in [1.29, 1.82) is 0 Å². The molecule has 2 aliphatic rings. The summed E-state index contributed by atoms with van der Waals surface area (Å²) in [4.78, 5) is 2.59. The fourth-order valence-corrected chi connectivity index (χ4v) is 2.70.